The number of hydrogen-bond donors (Lipinski definition) is 2. The Kier molecular flexibility index (Phi) is 13.0. The maximum atomic E-state index is 11.3. The standard InChI is InChI=1S/C26H31NO.C26H29N.9H2/c1-18(2)22-16-11-17-23(19(3)4)25(22)27-24(20-12-7-5-8-13-20)26(28)21-14-9-6-10-15-21;1-18(2)22-16-11-17-23(19(3)4)26(22)27-24(20-12-7-5-8-13-20)25(27)21-14-9-6-10-15-21;;;;;;;;;/h5-19,24,26-28H,1-4H3;5-19,24-25H,1-4H3;9*1H/t24-,26+;24-,25-;;;;;;;;;/m00........./s1. The van der Waals surface area contributed by atoms with Crippen molar-refractivity contribution in [3.05, 3.63) is 202 Å². The van der Waals surface area contributed by atoms with E-state index in [1.54, 1.807) is 0 Å². The lowest BCUT2D eigenvalue weighted by Crippen LogP contribution is -2.21. The highest BCUT2D eigenvalue weighted by Gasteiger charge is 2.51. The van der Waals surface area contributed by atoms with Gasteiger partial charge in [-0.05, 0) is 68.2 Å². The zero-order chi connectivity index (χ0) is 39.1. The summed E-state index contributed by atoms with van der Waals surface area (Å²) >= 11 is 0. The molecule has 7 rings (SSSR count). The summed E-state index contributed by atoms with van der Waals surface area (Å²) in [7, 11) is 0. The van der Waals surface area contributed by atoms with E-state index < -0.39 is 6.10 Å². The fraction of sp³-hybridized carbons (Fsp3) is 0.308. The van der Waals surface area contributed by atoms with Gasteiger partial charge in [0.1, 0.15) is 6.10 Å². The summed E-state index contributed by atoms with van der Waals surface area (Å²) in [5, 5.41) is 15.0. The molecule has 0 aliphatic carbocycles. The highest BCUT2D eigenvalue weighted by Crippen LogP contribution is 2.59. The van der Waals surface area contributed by atoms with Crippen LogP contribution in [-0.2, 0) is 0 Å². The lowest BCUT2D eigenvalue weighted by Gasteiger charge is -2.30. The molecule has 0 bridgehead atoms. The van der Waals surface area contributed by atoms with Gasteiger partial charge in [-0.1, -0.05) is 213 Å². The van der Waals surface area contributed by atoms with Crippen LogP contribution in [0.2, 0.25) is 0 Å². The van der Waals surface area contributed by atoms with Crippen molar-refractivity contribution >= 4 is 11.4 Å². The van der Waals surface area contributed by atoms with Gasteiger partial charge in [0, 0.05) is 24.2 Å². The molecule has 0 saturated carbocycles. The Balaban J connectivity index is -0.000000493. The molecule has 2 N–H and O–H groups in total. The van der Waals surface area contributed by atoms with E-state index >= 15 is 0 Å². The van der Waals surface area contributed by atoms with E-state index in [2.05, 4.69) is 175 Å². The topological polar surface area (TPSA) is 35.3 Å². The maximum Gasteiger partial charge on any atom is 0.103 e. The predicted octanol–water partition coefficient (Wildman–Crippen LogP) is 16.3. The monoisotopic (exact) mass is 747 g/mol. The lowest BCUT2D eigenvalue weighted by molar-refractivity contribution is 0.155. The van der Waals surface area contributed by atoms with Crippen molar-refractivity contribution in [3.63, 3.8) is 0 Å². The molecular weight excluding hydrogens is 669 g/mol. The number of nitrogens with zero attached hydrogens (tertiary/aromatic N) is 1. The Hall–Kier alpha value is -5.12. The van der Waals surface area contributed by atoms with Crippen molar-refractivity contribution in [1.82, 2.24) is 0 Å². The van der Waals surface area contributed by atoms with Crippen LogP contribution >= 0.6 is 0 Å². The average molecular weight is 747 g/mol. The molecule has 3 heteroatoms. The first-order valence-electron chi connectivity index (χ1n) is 20.3. The van der Waals surface area contributed by atoms with Crippen LogP contribution in [0.4, 0.5) is 11.4 Å². The Morgan fingerprint density at radius 1 is 0.436 bits per heavy atom. The van der Waals surface area contributed by atoms with Crippen LogP contribution in [0, 0.1) is 0 Å². The molecule has 0 unspecified atom stereocenters. The Morgan fingerprint density at radius 3 is 1.16 bits per heavy atom. The molecule has 1 heterocycles. The molecule has 1 fully saturated rings. The number of hydrogen-bond acceptors (Lipinski definition) is 3. The van der Waals surface area contributed by atoms with Crippen molar-refractivity contribution in [2.75, 3.05) is 10.2 Å². The quantitative estimate of drug-likeness (QED) is 0.122. The molecule has 1 aliphatic rings. The third kappa shape index (κ3) is 9.06. The summed E-state index contributed by atoms with van der Waals surface area (Å²) in [6.45, 7) is 18.1. The highest BCUT2D eigenvalue weighted by atomic mass is 16.3. The Labute approximate surface area is 344 Å². The fourth-order valence-corrected chi connectivity index (χ4v) is 8.03. The van der Waals surface area contributed by atoms with Crippen LogP contribution in [0.25, 0.3) is 0 Å². The van der Waals surface area contributed by atoms with Crippen LogP contribution in [-0.4, -0.2) is 5.11 Å². The first kappa shape index (κ1) is 39.6. The number of anilines is 2. The van der Waals surface area contributed by atoms with E-state index in [0.29, 0.717) is 35.8 Å². The molecule has 6 aromatic carbocycles. The number of nitrogens with one attached hydrogen (secondary N) is 1. The number of aliphatic hydroxyl groups excluding tert-OH is 1. The zero-order valence-electron chi connectivity index (χ0n) is 34.0. The van der Waals surface area contributed by atoms with E-state index in [4.69, 9.17) is 0 Å². The largest absolute Gasteiger partial charge is 0.386 e. The van der Waals surface area contributed by atoms with Gasteiger partial charge < -0.3 is 15.3 Å². The van der Waals surface area contributed by atoms with Crippen LogP contribution in [0.3, 0.4) is 0 Å². The van der Waals surface area contributed by atoms with Gasteiger partial charge >= 0.3 is 0 Å². The second-order valence-electron chi connectivity index (χ2n) is 16.2. The van der Waals surface area contributed by atoms with Gasteiger partial charge in [0.15, 0.2) is 0 Å². The van der Waals surface area contributed by atoms with Crippen molar-refractivity contribution in [1.29, 1.82) is 0 Å². The van der Waals surface area contributed by atoms with E-state index in [-0.39, 0.29) is 18.9 Å². The zero-order valence-corrected chi connectivity index (χ0v) is 34.0. The van der Waals surface area contributed by atoms with Crippen LogP contribution < -0.4 is 10.2 Å². The second kappa shape index (κ2) is 18.0. The number of benzene rings is 6. The molecule has 302 valence electrons. The van der Waals surface area contributed by atoms with Gasteiger partial charge in [-0.15, -0.1) is 0 Å². The third-order valence-corrected chi connectivity index (χ3v) is 11.0. The van der Waals surface area contributed by atoms with Gasteiger partial charge in [-0.25, -0.2) is 0 Å². The summed E-state index contributed by atoms with van der Waals surface area (Å²) < 4.78 is 0. The molecule has 0 radical (unpaired) electrons. The van der Waals surface area contributed by atoms with Gasteiger partial charge in [0.25, 0.3) is 0 Å². The minimum Gasteiger partial charge on any atom is -0.386 e. The molecular formula is C52H78N2O. The van der Waals surface area contributed by atoms with Crippen LogP contribution in [0.15, 0.2) is 158 Å². The maximum absolute atomic E-state index is 11.3. The minimum absolute atomic E-state index is 0. The molecule has 55 heavy (non-hydrogen) atoms. The highest BCUT2D eigenvalue weighted by molar-refractivity contribution is 5.70. The molecule has 0 aromatic heterocycles. The average Bonchev–Trinajstić information content (AvgIpc) is 3.96. The van der Waals surface area contributed by atoms with Crippen molar-refractivity contribution in [2.24, 2.45) is 0 Å². The van der Waals surface area contributed by atoms with Crippen molar-refractivity contribution in [2.45, 2.75) is 103 Å². The van der Waals surface area contributed by atoms with E-state index in [0.717, 1.165) is 16.8 Å². The summed E-state index contributed by atoms with van der Waals surface area (Å²) in [6, 6.07) is 56.0. The van der Waals surface area contributed by atoms with Gasteiger partial charge in [0.2, 0.25) is 0 Å². The van der Waals surface area contributed by atoms with Crippen LogP contribution in [0.5, 0.6) is 0 Å². The molecule has 0 amide bonds. The summed E-state index contributed by atoms with van der Waals surface area (Å²) in [5.41, 5.74) is 12.9. The lowest BCUT2D eigenvalue weighted by atomic mass is 9.90. The number of para-hydroxylation sites is 2. The SMILES string of the molecule is CC(C)c1cccc(C(C)C)c1N1[C@@H](c2ccccc2)[C@@H]1c1ccccc1.CC(C)c1cccc(C(C)C)c1N[C@@H](c1ccccc1)[C@H](O)c1ccccc1.[HH].[HH].[HH].[HH].[HH].[HH].[HH].[HH].[HH]. The summed E-state index contributed by atoms with van der Waals surface area (Å²) in [5.74, 6) is 1.80. The van der Waals surface area contributed by atoms with E-state index in [1.165, 1.54) is 39.1 Å². The van der Waals surface area contributed by atoms with Gasteiger partial charge in [0.05, 0.1) is 18.1 Å². The molecule has 0 spiro atoms. The number of aliphatic hydroxyl groups is 1. The van der Waals surface area contributed by atoms with E-state index in [9.17, 15) is 5.11 Å². The molecule has 3 nitrogen and oxygen atoms in total. The smallest absolute Gasteiger partial charge is 0.103 e. The number of rotatable bonds is 12. The summed E-state index contributed by atoms with van der Waals surface area (Å²) in [6.07, 6.45) is -0.649. The van der Waals surface area contributed by atoms with Crippen molar-refractivity contribution < 1.29 is 17.9 Å². The fourth-order valence-electron chi connectivity index (χ4n) is 8.03. The first-order valence-corrected chi connectivity index (χ1v) is 20.3. The summed E-state index contributed by atoms with van der Waals surface area (Å²) in [4.78, 5) is 2.65. The second-order valence-corrected chi connectivity index (χ2v) is 16.2. The normalized spacial score (nSPS) is 16.2. The first-order chi connectivity index (χ1) is 26.6. The third-order valence-electron chi connectivity index (χ3n) is 11.0. The Morgan fingerprint density at radius 2 is 0.782 bits per heavy atom. The van der Waals surface area contributed by atoms with Crippen molar-refractivity contribution in [3.8, 4) is 0 Å². The van der Waals surface area contributed by atoms with Gasteiger partial charge in [-0.2, -0.15) is 0 Å². The minimum atomic E-state index is -0.649. The van der Waals surface area contributed by atoms with Crippen LogP contribution in [0.1, 0.15) is 161 Å². The molecule has 6 aromatic rings. The van der Waals surface area contributed by atoms with E-state index in [1.807, 2.05) is 48.5 Å². The molecule has 1 aliphatic heterocycles. The predicted molar refractivity (Wildman–Crippen MR) is 253 cm³/mol. The Bertz CT molecular complexity index is 2010. The molecule has 1 saturated heterocycles. The molecule has 4 atom stereocenters. The van der Waals surface area contributed by atoms with Gasteiger partial charge in [-0.3, -0.25) is 0 Å².